The summed E-state index contributed by atoms with van der Waals surface area (Å²) in [5, 5.41) is 2.98. The number of hydrogen-bond acceptors (Lipinski definition) is 6. The van der Waals surface area contributed by atoms with E-state index < -0.39 is 15.6 Å². The first-order valence-corrected chi connectivity index (χ1v) is 14.8. The van der Waals surface area contributed by atoms with E-state index in [4.69, 9.17) is 9.47 Å². The van der Waals surface area contributed by atoms with Gasteiger partial charge in [0.1, 0.15) is 5.75 Å². The van der Waals surface area contributed by atoms with E-state index in [1.165, 1.54) is 0 Å². The highest BCUT2D eigenvalue weighted by molar-refractivity contribution is 7.89. The summed E-state index contributed by atoms with van der Waals surface area (Å²) in [6, 6.07) is 12.5. The molecule has 2 heterocycles. The molecule has 0 saturated carbocycles. The number of rotatable bonds is 8. The van der Waals surface area contributed by atoms with Crippen molar-refractivity contribution in [2.24, 2.45) is 5.92 Å². The Balaban J connectivity index is 1.50. The third kappa shape index (κ3) is 6.57. The molecule has 4 rings (SSSR count). The fourth-order valence-corrected chi connectivity index (χ4v) is 7.25. The Morgan fingerprint density at radius 2 is 1.84 bits per heavy atom. The fraction of sp³-hybridized carbons (Fsp3) is 0.552. The van der Waals surface area contributed by atoms with Crippen LogP contribution >= 0.6 is 0 Å². The van der Waals surface area contributed by atoms with Crippen molar-refractivity contribution in [3.05, 3.63) is 53.6 Å². The van der Waals surface area contributed by atoms with Gasteiger partial charge in [0.2, 0.25) is 15.9 Å². The van der Waals surface area contributed by atoms with E-state index in [1.54, 1.807) is 23.5 Å². The zero-order valence-electron chi connectivity index (χ0n) is 23.2. The molecule has 0 radical (unpaired) electrons. The number of morpholine rings is 1. The largest absolute Gasteiger partial charge is 0.495 e. The van der Waals surface area contributed by atoms with Gasteiger partial charge in [-0.15, -0.1) is 0 Å². The number of methoxy groups -OCH3 is 1. The van der Waals surface area contributed by atoms with Crippen molar-refractivity contribution in [1.29, 1.82) is 0 Å². The monoisotopic (exact) mass is 543 g/mol. The Hall–Kier alpha value is -2.46. The standard InChI is InChI=1S/C29H41N3O5S/c1-21(2)15-24-18-37-29(20-32(24)38(34,35)25-10-7-22(3)8-11-25)13-6-14-31(19-29)17-28(33)30-26-16-23(4)9-12-27(26)36-5/h7-12,16,21,24H,6,13-15,17-20H2,1-5H3,(H,30,33)/t24-,29+/m0/s1. The molecule has 1 N–H and O–H groups in total. The third-order valence-electron chi connectivity index (χ3n) is 7.42. The Kier molecular flexibility index (Phi) is 8.82. The molecule has 0 bridgehead atoms. The lowest BCUT2D eigenvalue weighted by molar-refractivity contribution is -0.146. The minimum Gasteiger partial charge on any atom is -0.495 e. The van der Waals surface area contributed by atoms with Crippen LogP contribution in [-0.4, -0.2) is 75.1 Å². The number of carbonyl (C=O) groups excluding carboxylic acids is 1. The summed E-state index contributed by atoms with van der Waals surface area (Å²) < 4.78 is 41.2. The van der Waals surface area contributed by atoms with Gasteiger partial charge in [-0.25, -0.2) is 8.42 Å². The number of benzene rings is 2. The van der Waals surface area contributed by atoms with Gasteiger partial charge in [0.15, 0.2) is 0 Å². The number of piperidine rings is 1. The minimum atomic E-state index is -3.70. The molecule has 208 valence electrons. The predicted octanol–water partition coefficient (Wildman–Crippen LogP) is 4.22. The summed E-state index contributed by atoms with van der Waals surface area (Å²) in [6.07, 6.45) is 2.31. The zero-order chi connectivity index (χ0) is 27.5. The van der Waals surface area contributed by atoms with Crippen molar-refractivity contribution >= 4 is 21.6 Å². The average Bonchev–Trinajstić information content (AvgIpc) is 2.85. The van der Waals surface area contributed by atoms with Gasteiger partial charge in [0, 0.05) is 19.1 Å². The third-order valence-corrected chi connectivity index (χ3v) is 9.33. The lowest BCUT2D eigenvalue weighted by Crippen LogP contribution is -2.64. The SMILES string of the molecule is COc1ccc(C)cc1NC(=O)CN1CCC[C@@]2(C1)CN(S(=O)(=O)c1ccc(C)cc1)[C@@H](CC(C)C)CO2. The number of ether oxygens (including phenoxy) is 2. The molecule has 2 aromatic carbocycles. The quantitative estimate of drug-likeness (QED) is 0.536. The summed E-state index contributed by atoms with van der Waals surface area (Å²) in [4.78, 5) is 15.4. The van der Waals surface area contributed by atoms with Crippen molar-refractivity contribution in [3.63, 3.8) is 0 Å². The molecule has 38 heavy (non-hydrogen) atoms. The maximum absolute atomic E-state index is 13.8. The van der Waals surface area contributed by atoms with Crippen molar-refractivity contribution < 1.29 is 22.7 Å². The fourth-order valence-electron chi connectivity index (χ4n) is 5.56. The van der Waals surface area contributed by atoms with Crippen LogP contribution in [-0.2, 0) is 19.6 Å². The van der Waals surface area contributed by atoms with Crippen LogP contribution in [0.4, 0.5) is 5.69 Å². The van der Waals surface area contributed by atoms with Crippen molar-refractivity contribution in [1.82, 2.24) is 9.21 Å². The normalized spacial score (nSPS) is 23.1. The summed E-state index contributed by atoms with van der Waals surface area (Å²) in [6.45, 7) is 10.2. The van der Waals surface area contributed by atoms with E-state index in [9.17, 15) is 13.2 Å². The molecule has 8 nitrogen and oxygen atoms in total. The predicted molar refractivity (Wildman–Crippen MR) is 149 cm³/mol. The first kappa shape index (κ1) is 28.5. The van der Waals surface area contributed by atoms with Gasteiger partial charge in [0.25, 0.3) is 0 Å². The van der Waals surface area contributed by atoms with Gasteiger partial charge < -0.3 is 14.8 Å². The number of carbonyl (C=O) groups is 1. The molecule has 2 aliphatic rings. The maximum atomic E-state index is 13.8. The van der Waals surface area contributed by atoms with Crippen LogP contribution in [0.2, 0.25) is 0 Å². The van der Waals surface area contributed by atoms with E-state index in [-0.39, 0.29) is 25.0 Å². The Labute approximate surface area is 227 Å². The smallest absolute Gasteiger partial charge is 0.243 e. The number of sulfonamides is 1. The van der Waals surface area contributed by atoms with Crippen molar-refractivity contribution in [2.75, 3.05) is 45.2 Å². The van der Waals surface area contributed by atoms with Crippen LogP contribution in [0.15, 0.2) is 47.4 Å². The van der Waals surface area contributed by atoms with E-state index in [0.717, 1.165) is 36.9 Å². The Bertz CT molecular complexity index is 1230. The van der Waals surface area contributed by atoms with Crippen LogP contribution in [0.5, 0.6) is 5.75 Å². The molecule has 2 atom stereocenters. The molecule has 0 aliphatic carbocycles. The van der Waals surface area contributed by atoms with E-state index >= 15 is 0 Å². The molecule has 0 aromatic heterocycles. The maximum Gasteiger partial charge on any atom is 0.243 e. The highest BCUT2D eigenvalue weighted by Crippen LogP contribution is 2.35. The number of amides is 1. The second-order valence-electron chi connectivity index (χ2n) is 11.2. The lowest BCUT2D eigenvalue weighted by Gasteiger charge is -2.50. The van der Waals surface area contributed by atoms with Crippen molar-refractivity contribution in [3.8, 4) is 5.75 Å². The highest BCUT2D eigenvalue weighted by atomic mass is 32.2. The number of aryl methyl sites for hydroxylation is 2. The molecule has 1 amide bonds. The number of nitrogens with zero attached hydrogens (tertiary/aromatic N) is 2. The average molecular weight is 544 g/mol. The molecule has 2 aromatic rings. The molecule has 2 aliphatic heterocycles. The van der Waals surface area contributed by atoms with Gasteiger partial charge in [-0.05, 0) is 75.4 Å². The van der Waals surface area contributed by atoms with Gasteiger partial charge >= 0.3 is 0 Å². The highest BCUT2D eigenvalue weighted by Gasteiger charge is 2.47. The van der Waals surface area contributed by atoms with Gasteiger partial charge in [0.05, 0.1) is 36.4 Å². The molecule has 9 heteroatoms. The van der Waals surface area contributed by atoms with Crippen molar-refractivity contribution in [2.45, 2.75) is 63.5 Å². The first-order chi connectivity index (χ1) is 18.0. The van der Waals surface area contributed by atoms with Gasteiger partial charge in [-0.1, -0.05) is 37.6 Å². The molecule has 0 unspecified atom stereocenters. The summed E-state index contributed by atoms with van der Waals surface area (Å²) in [5.74, 6) is 0.810. The minimum absolute atomic E-state index is 0.136. The summed E-state index contributed by atoms with van der Waals surface area (Å²) >= 11 is 0. The lowest BCUT2D eigenvalue weighted by atomic mass is 9.89. The second kappa shape index (κ2) is 11.7. The van der Waals surface area contributed by atoms with Crippen LogP contribution < -0.4 is 10.1 Å². The molecule has 2 fully saturated rings. The number of anilines is 1. The molecule has 1 spiro atoms. The van der Waals surface area contributed by atoms with E-state index in [2.05, 4.69) is 24.1 Å². The second-order valence-corrected chi connectivity index (χ2v) is 13.1. The molecular formula is C29H41N3O5S. The summed E-state index contributed by atoms with van der Waals surface area (Å²) in [5.41, 5.74) is 2.04. The zero-order valence-corrected chi connectivity index (χ0v) is 24.0. The van der Waals surface area contributed by atoms with E-state index in [1.807, 2.05) is 44.2 Å². The number of hydrogen-bond donors (Lipinski definition) is 1. The van der Waals surface area contributed by atoms with Crippen LogP contribution in [0.1, 0.15) is 44.2 Å². The molecular weight excluding hydrogens is 502 g/mol. The van der Waals surface area contributed by atoms with Crippen LogP contribution in [0, 0.1) is 19.8 Å². The molecule has 2 saturated heterocycles. The first-order valence-electron chi connectivity index (χ1n) is 13.4. The number of likely N-dealkylation sites (tertiary alicyclic amines) is 1. The Morgan fingerprint density at radius 1 is 1.13 bits per heavy atom. The van der Waals surface area contributed by atoms with Gasteiger partial charge in [-0.2, -0.15) is 4.31 Å². The van der Waals surface area contributed by atoms with E-state index in [0.29, 0.717) is 35.4 Å². The van der Waals surface area contributed by atoms with Crippen LogP contribution in [0.3, 0.4) is 0 Å². The number of nitrogens with one attached hydrogen (secondary N) is 1. The van der Waals surface area contributed by atoms with Gasteiger partial charge in [-0.3, -0.25) is 9.69 Å². The van der Waals surface area contributed by atoms with Crippen LogP contribution in [0.25, 0.3) is 0 Å². The Morgan fingerprint density at radius 3 is 2.53 bits per heavy atom. The topological polar surface area (TPSA) is 88.2 Å². The summed E-state index contributed by atoms with van der Waals surface area (Å²) in [7, 11) is -2.12.